The fourth-order valence-corrected chi connectivity index (χ4v) is 5.64. The van der Waals surface area contributed by atoms with Crippen molar-refractivity contribution in [1.82, 2.24) is 9.80 Å². The van der Waals surface area contributed by atoms with Gasteiger partial charge < -0.3 is 9.80 Å². The molecule has 0 aliphatic carbocycles. The number of amides is 2. The zero-order valence-electron chi connectivity index (χ0n) is 18.1. The van der Waals surface area contributed by atoms with E-state index in [0.717, 1.165) is 17.5 Å². The third kappa shape index (κ3) is 5.08. The zero-order chi connectivity index (χ0) is 23.5. The molecular weight excluding hydrogens is 482 g/mol. The molecule has 3 aromatic rings. The van der Waals surface area contributed by atoms with Crippen LogP contribution in [0.15, 0.2) is 53.9 Å². The van der Waals surface area contributed by atoms with Crippen molar-refractivity contribution >= 4 is 46.4 Å². The van der Waals surface area contributed by atoms with Gasteiger partial charge in [-0.3, -0.25) is 9.59 Å². The summed E-state index contributed by atoms with van der Waals surface area (Å²) in [5, 5.41) is 3.04. The Morgan fingerprint density at radius 1 is 1.15 bits per heavy atom. The molecule has 0 saturated heterocycles. The predicted octanol–water partition coefficient (Wildman–Crippen LogP) is 6.22. The molecule has 33 heavy (non-hydrogen) atoms. The van der Waals surface area contributed by atoms with Gasteiger partial charge in [0, 0.05) is 33.6 Å². The Bertz CT molecular complexity index is 1180. The molecule has 2 amide bonds. The number of halogens is 3. The summed E-state index contributed by atoms with van der Waals surface area (Å²) in [6.07, 6.45) is 1.42. The normalized spacial score (nSPS) is 15.3. The van der Waals surface area contributed by atoms with Crippen LogP contribution < -0.4 is 0 Å². The lowest BCUT2D eigenvalue weighted by Crippen LogP contribution is -2.47. The van der Waals surface area contributed by atoms with Crippen molar-refractivity contribution in [3.8, 4) is 0 Å². The van der Waals surface area contributed by atoms with Gasteiger partial charge in [-0.25, -0.2) is 4.39 Å². The van der Waals surface area contributed by atoms with Gasteiger partial charge in [-0.15, -0.1) is 11.3 Å². The number of thiophene rings is 1. The Labute approximate surface area is 206 Å². The largest absolute Gasteiger partial charge is 0.330 e. The molecule has 1 unspecified atom stereocenters. The Balaban J connectivity index is 1.64. The number of nitrogens with zero attached hydrogens (tertiary/aromatic N) is 2. The van der Waals surface area contributed by atoms with Crippen LogP contribution in [-0.4, -0.2) is 41.2 Å². The Morgan fingerprint density at radius 3 is 2.70 bits per heavy atom. The van der Waals surface area contributed by atoms with Crippen LogP contribution in [0.2, 0.25) is 10.0 Å². The SMILES string of the molecule is CCCN(CC(=O)N1CCc2sccc2C1c1ccc(Cl)cc1Cl)C(=O)c1cccc(F)c1. The van der Waals surface area contributed by atoms with Gasteiger partial charge in [-0.05, 0) is 65.7 Å². The molecule has 172 valence electrons. The average molecular weight is 505 g/mol. The lowest BCUT2D eigenvalue weighted by molar-refractivity contribution is -0.134. The van der Waals surface area contributed by atoms with E-state index in [1.807, 2.05) is 24.4 Å². The fourth-order valence-electron chi connectivity index (χ4n) is 4.22. The van der Waals surface area contributed by atoms with Crippen molar-refractivity contribution in [2.45, 2.75) is 25.8 Å². The van der Waals surface area contributed by atoms with E-state index in [2.05, 4.69) is 0 Å². The second kappa shape index (κ2) is 10.2. The van der Waals surface area contributed by atoms with Gasteiger partial charge in [0.05, 0.1) is 6.04 Å². The minimum atomic E-state index is -0.484. The first-order chi connectivity index (χ1) is 15.9. The van der Waals surface area contributed by atoms with E-state index in [1.165, 1.54) is 28.0 Å². The maximum absolute atomic E-state index is 13.7. The first-order valence-electron chi connectivity index (χ1n) is 10.7. The molecule has 0 bridgehead atoms. The fraction of sp³-hybridized carbons (Fsp3) is 0.280. The van der Waals surface area contributed by atoms with Crippen LogP contribution in [0.1, 0.15) is 45.7 Å². The van der Waals surface area contributed by atoms with Crippen molar-refractivity contribution in [1.29, 1.82) is 0 Å². The van der Waals surface area contributed by atoms with Crippen molar-refractivity contribution in [3.05, 3.63) is 91.3 Å². The van der Waals surface area contributed by atoms with E-state index < -0.39 is 5.82 Å². The Hall–Kier alpha value is -2.41. The summed E-state index contributed by atoms with van der Waals surface area (Å²) in [6, 6.07) is 12.5. The lowest BCUT2D eigenvalue weighted by atomic mass is 9.93. The first-order valence-corrected chi connectivity index (χ1v) is 12.4. The molecule has 4 rings (SSSR count). The molecule has 1 aliphatic rings. The summed E-state index contributed by atoms with van der Waals surface area (Å²) < 4.78 is 13.7. The minimum absolute atomic E-state index is 0.0929. The summed E-state index contributed by atoms with van der Waals surface area (Å²) in [7, 11) is 0. The highest BCUT2D eigenvalue weighted by Crippen LogP contribution is 2.41. The summed E-state index contributed by atoms with van der Waals surface area (Å²) in [6.45, 7) is 2.75. The highest BCUT2D eigenvalue weighted by molar-refractivity contribution is 7.10. The maximum atomic E-state index is 13.7. The number of carbonyl (C=O) groups excluding carboxylic acids is 2. The second-order valence-corrected chi connectivity index (χ2v) is 9.79. The molecule has 1 atom stereocenters. The topological polar surface area (TPSA) is 40.6 Å². The third-order valence-electron chi connectivity index (χ3n) is 5.72. The number of hydrogen-bond donors (Lipinski definition) is 0. The summed E-state index contributed by atoms with van der Waals surface area (Å²) in [5.41, 5.74) is 2.07. The van der Waals surface area contributed by atoms with E-state index in [9.17, 15) is 14.0 Å². The monoisotopic (exact) mass is 504 g/mol. The van der Waals surface area contributed by atoms with Crippen molar-refractivity contribution in [3.63, 3.8) is 0 Å². The molecule has 2 heterocycles. The van der Waals surface area contributed by atoms with Crippen molar-refractivity contribution < 1.29 is 14.0 Å². The standard InChI is InChI=1S/C25H23Cl2FN2O2S/c1-2-10-29(25(32)16-4-3-5-18(28)13-16)15-23(31)30-11-8-22-20(9-12-33-22)24(30)19-7-6-17(26)14-21(19)27/h3-7,9,12-14,24H,2,8,10-11,15H2,1H3. The van der Waals surface area contributed by atoms with Crippen LogP contribution in [0, 0.1) is 5.82 Å². The van der Waals surface area contributed by atoms with Gasteiger partial charge in [0.1, 0.15) is 12.4 Å². The van der Waals surface area contributed by atoms with Gasteiger partial charge >= 0.3 is 0 Å². The summed E-state index contributed by atoms with van der Waals surface area (Å²) >= 11 is 14.3. The summed E-state index contributed by atoms with van der Waals surface area (Å²) in [4.78, 5) is 31.1. The number of carbonyl (C=O) groups is 2. The van der Waals surface area contributed by atoms with Crippen LogP contribution in [0.25, 0.3) is 0 Å². The lowest BCUT2D eigenvalue weighted by Gasteiger charge is -2.38. The number of fused-ring (bicyclic) bond motifs is 1. The average Bonchev–Trinajstić information content (AvgIpc) is 3.27. The Kier molecular flexibility index (Phi) is 7.37. The molecule has 2 aromatic carbocycles. The van der Waals surface area contributed by atoms with E-state index in [0.29, 0.717) is 29.6 Å². The molecule has 8 heteroatoms. The van der Waals surface area contributed by atoms with Crippen LogP contribution in [0.5, 0.6) is 0 Å². The highest BCUT2D eigenvalue weighted by atomic mass is 35.5. The molecule has 0 N–H and O–H groups in total. The van der Waals surface area contributed by atoms with E-state index in [1.54, 1.807) is 34.4 Å². The van der Waals surface area contributed by atoms with E-state index in [4.69, 9.17) is 23.2 Å². The molecular formula is C25H23Cl2FN2O2S. The number of hydrogen-bond acceptors (Lipinski definition) is 3. The second-order valence-electron chi connectivity index (χ2n) is 7.94. The van der Waals surface area contributed by atoms with Crippen molar-refractivity contribution in [2.75, 3.05) is 19.6 Å². The first kappa shape index (κ1) is 23.7. The van der Waals surface area contributed by atoms with Crippen LogP contribution in [0.3, 0.4) is 0 Å². The van der Waals surface area contributed by atoms with Gasteiger partial charge in [0.2, 0.25) is 5.91 Å². The van der Waals surface area contributed by atoms with E-state index in [-0.39, 0.29) is 30.0 Å². The van der Waals surface area contributed by atoms with Crippen molar-refractivity contribution in [2.24, 2.45) is 0 Å². The maximum Gasteiger partial charge on any atom is 0.254 e. The van der Waals surface area contributed by atoms with Gasteiger partial charge in [-0.2, -0.15) is 0 Å². The molecule has 0 spiro atoms. The van der Waals surface area contributed by atoms with Gasteiger partial charge in [-0.1, -0.05) is 42.3 Å². The molecule has 4 nitrogen and oxygen atoms in total. The molecule has 0 radical (unpaired) electrons. The Morgan fingerprint density at radius 2 is 1.97 bits per heavy atom. The minimum Gasteiger partial charge on any atom is -0.330 e. The summed E-state index contributed by atoms with van der Waals surface area (Å²) in [5.74, 6) is -1.03. The molecule has 1 aliphatic heterocycles. The number of rotatable bonds is 6. The van der Waals surface area contributed by atoms with Crippen LogP contribution in [-0.2, 0) is 11.2 Å². The quantitative estimate of drug-likeness (QED) is 0.399. The number of benzene rings is 2. The molecule has 0 saturated carbocycles. The molecule has 1 aromatic heterocycles. The third-order valence-corrected chi connectivity index (χ3v) is 7.28. The highest BCUT2D eigenvalue weighted by Gasteiger charge is 2.35. The smallest absolute Gasteiger partial charge is 0.254 e. The van der Waals surface area contributed by atoms with Gasteiger partial charge in [0.15, 0.2) is 0 Å². The van der Waals surface area contributed by atoms with Gasteiger partial charge in [0.25, 0.3) is 5.91 Å². The van der Waals surface area contributed by atoms with Crippen LogP contribution in [0.4, 0.5) is 4.39 Å². The molecule has 0 fully saturated rings. The predicted molar refractivity (Wildman–Crippen MR) is 131 cm³/mol. The van der Waals surface area contributed by atoms with E-state index >= 15 is 0 Å². The van der Waals surface area contributed by atoms with Crippen LogP contribution >= 0.6 is 34.5 Å². The zero-order valence-corrected chi connectivity index (χ0v) is 20.4.